The van der Waals surface area contributed by atoms with Crippen LogP contribution < -0.4 is 0 Å². The Balaban J connectivity index is 3.55. The van der Waals surface area contributed by atoms with E-state index in [1.807, 2.05) is 0 Å². The van der Waals surface area contributed by atoms with E-state index < -0.39 is 11.0 Å². The van der Waals surface area contributed by atoms with Gasteiger partial charge >= 0.3 is 5.97 Å². The average molecular weight is 165 g/mol. The molecule has 0 heterocycles. The van der Waals surface area contributed by atoms with Crippen LogP contribution in [-0.2, 0) is 9.53 Å². The molecule has 0 rings (SSSR count). The molecule has 0 aromatic rings. The Morgan fingerprint density at radius 1 is 2.00 bits per heavy atom. The number of ether oxygens (including phenoxy) is 1. The quantitative estimate of drug-likeness (QED) is 0.379. The summed E-state index contributed by atoms with van der Waals surface area (Å²) in [6.07, 6.45) is 1.00. The van der Waals surface area contributed by atoms with E-state index in [2.05, 4.69) is 11.3 Å². The molecule has 0 aromatic carbocycles. The van der Waals surface area contributed by atoms with Gasteiger partial charge in [0, 0.05) is 6.08 Å². The van der Waals surface area contributed by atoms with Crippen LogP contribution in [0.5, 0.6) is 0 Å². The van der Waals surface area contributed by atoms with E-state index >= 15 is 0 Å². The maximum atomic E-state index is 10.3. The molecule has 0 spiro atoms. The topological polar surface area (TPSA) is 46.5 Å². The van der Waals surface area contributed by atoms with Crippen molar-refractivity contribution in [3.8, 4) is 0 Å². The standard InChI is InChI=1S/C6H9ClO3/c1-3-5(8)10-4-6(2,7)9/h3,9H,1,4H2,2H3. The lowest BCUT2D eigenvalue weighted by Gasteiger charge is -2.12. The predicted octanol–water partition coefficient (Wildman–Crippen LogP) is 0.663. The summed E-state index contributed by atoms with van der Waals surface area (Å²) < 4.78 is 4.42. The summed E-state index contributed by atoms with van der Waals surface area (Å²) >= 11 is 5.28. The van der Waals surface area contributed by atoms with Gasteiger partial charge in [-0.25, -0.2) is 4.79 Å². The van der Waals surface area contributed by atoms with Crippen LogP contribution in [-0.4, -0.2) is 22.7 Å². The summed E-state index contributed by atoms with van der Waals surface area (Å²) in [5, 5.41) is 7.33. The van der Waals surface area contributed by atoms with E-state index in [1.54, 1.807) is 0 Å². The third-order valence-electron chi connectivity index (χ3n) is 0.645. The van der Waals surface area contributed by atoms with Gasteiger partial charge in [-0.05, 0) is 6.92 Å². The third-order valence-corrected chi connectivity index (χ3v) is 0.754. The van der Waals surface area contributed by atoms with E-state index in [0.29, 0.717) is 0 Å². The van der Waals surface area contributed by atoms with Crippen molar-refractivity contribution in [1.82, 2.24) is 0 Å². The van der Waals surface area contributed by atoms with E-state index in [-0.39, 0.29) is 6.61 Å². The van der Waals surface area contributed by atoms with Crippen molar-refractivity contribution in [1.29, 1.82) is 0 Å². The number of hydrogen-bond acceptors (Lipinski definition) is 3. The molecule has 0 radical (unpaired) electrons. The van der Waals surface area contributed by atoms with Crippen molar-refractivity contribution in [2.75, 3.05) is 6.61 Å². The zero-order valence-corrected chi connectivity index (χ0v) is 6.39. The smallest absolute Gasteiger partial charge is 0.330 e. The van der Waals surface area contributed by atoms with Gasteiger partial charge in [-0.15, -0.1) is 0 Å². The molecular weight excluding hydrogens is 156 g/mol. The summed E-state index contributed by atoms with van der Waals surface area (Å²) in [7, 11) is 0. The van der Waals surface area contributed by atoms with E-state index in [9.17, 15) is 4.79 Å². The molecule has 58 valence electrons. The third kappa shape index (κ3) is 5.59. The fraction of sp³-hybridized carbons (Fsp3) is 0.500. The molecule has 0 fully saturated rings. The van der Waals surface area contributed by atoms with Gasteiger partial charge in [-0.3, -0.25) is 0 Å². The van der Waals surface area contributed by atoms with Crippen LogP contribution in [0.25, 0.3) is 0 Å². The lowest BCUT2D eigenvalue weighted by molar-refractivity contribution is -0.141. The number of halogens is 1. The summed E-state index contributed by atoms with van der Waals surface area (Å²) in [6.45, 7) is 4.25. The second kappa shape index (κ2) is 3.58. The zero-order chi connectivity index (χ0) is 8.20. The van der Waals surface area contributed by atoms with Crippen LogP contribution in [0.1, 0.15) is 6.92 Å². The number of rotatable bonds is 3. The Kier molecular flexibility index (Phi) is 3.39. The highest BCUT2D eigenvalue weighted by Crippen LogP contribution is 2.08. The van der Waals surface area contributed by atoms with E-state index in [0.717, 1.165) is 6.08 Å². The van der Waals surface area contributed by atoms with Crippen molar-refractivity contribution in [2.24, 2.45) is 0 Å². The molecule has 10 heavy (non-hydrogen) atoms. The molecule has 1 unspecified atom stereocenters. The summed E-state index contributed by atoms with van der Waals surface area (Å²) in [4.78, 5) is 10.3. The van der Waals surface area contributed by atoms with Crippen LogP contribution in [0.2, 0.25) is 0 Å². The lowest BCUT2D eigenvalue weighted by atomic mass is 10.4. The van der Waals surface area contributed by atoms with Crippen LogP contribution in [0.4, 0.5) is 0 Å². The zero-order valence-electron chi connectivity index (χ0n) is 5.63. The molecule has 0 aliphatic heterocycles. The van der Waals surface area contributed by atoms with E-state index in [1.165, 1.54) is 6.92 Å². The van der Waals surface area contributed by atoms with Gasteiger partial charge in [0.15, 0.2) is 5.06 Å². The first kappa shape index (κ1) is 9.46. The maximum absolute atomic E-state index is 10.3. The van der Waals surface area contributed by atoms with Crippen LogP contribution in [0.3, 0.4) is 0 Å². The monoisotopic (exact) mass is 164 g/mol. The fourth-order valence-electron chi connectivity index (χ4n) is 0.262. The van der Waals surface area contributed by atoms with Gasteiger partial charge in [-0.1, -0.05) is 18.2 Å². The van der Waals surface area contributed by atoms with E-state index in [4.69, 9.17) is 16.7 Å². The Bertz CT molecular complexity index is 136. The Labute approximate surface area is 64.2 Å². The number of alkyl halides is 1. The highest BCUT2D eigenvalue weighted by atomic mass is 35.5. The van der Waals surface area contributed by atoms with Crippen molar-refractivity contribution >= 4 is 17.6 Å². The molecule has 0 amide bonds. The van der Waals surface area contributed by atoms with Crippen LogP contribution >= 0.6 is 11.6 Å². The minimum Gasteiger partial charge on any atom is -0.458 e. The molecule has 1 atom stereocenters. The molecule has 0 bridgehead atoms. The second-order valence-electron chi connectivity index (χ2n) is 1.95. The Hall–Kier alpha value is -0.540. The highest BCUT2D eigenvalue weighted by molar-refractivity contribution is 6.22. The second-order valence-corrected chi connectivity index (χ2v) is 2.77. The number of aliphatic hydroxyl groups is 1. The molecule has 0 aliphatic rings. The molecular formula is C6H9ClO3. The number of esters is 1. The van der Waals surface area contributed by atoms with Gasteiger partial charge in [0.05, 0.1) is 0 Å². The normalized spacial score (nSPS) is 15.5. The van der Waals surface area contributed by atoms with Gasteiger partial charge in [0.25, 0.3) is 0 Å². The Morgan fingerprint density at radius 3 is 2.80 bits per heavy atom. The number of carbonyl (C=O) groups excluding carboxylic acids is 1. The molecule has 1 N–H and O–H groups in total. The lowest BCUT2D eigenvalue weighted by Crippen LogP contribution is -2.24. The summed E-state index contributed by atoms with van der Waals surface area (Å²) in [6, 6.07) is 0. The van der Waals surface area contributed by atoms with Crippen LogP contribution in [0.15, 0.2) is 12.7 Å². The van der Waals surface area contributed by atoms with Crippen molar-refractivity contribution in [3.05, 3.63) is 12.7 Å². The largest absolute Gasteiger partial charge is 0.458 e. The first-order chi connectivity index (χ1) is 4.45. The Morgan fingerprint density at radius 2 is 2.50 bits per heavy atom. The minimum atomic E-state index is -1.49. The highest BCUT2D eigenvalue weighted by Gasteiger charge is 2.17. The van der Waals surface area contributed by atoms with Gasteiger partial charge < -0.3 is 9.84 Å². The SMILES string of the molecule is C=CC(=O)OCC(C)(O)Cl. The first-order valence-electron chi connectivity index (χ1n) is 2.66. The summed E-state index contributed by atoms with van der Waals surface area (Å²) in [5.74, 6) is -0.596. The molecule has 3 nitrogen and oxygen atoms in total. The van der Waals surface area contributed by atoms with Crippen LogP contribution in [0, 0.1) is 0 Å². The number of carbonyl (C=O) groups is 1. The average Bonchev–Trinajstić information content (AvgIpc) is 1.81. The summed E-state index contributed by atoms with van der Waals surface area (Å²) in [5.41, 5.74) is 0. The molecule has 0 saturated heterocycles. The fourth-order valence-corrected chi connectivity index (χ4v) is 0.316. The molecule has 4 heteroatoms. The van der Waals surface area contributed by atoms with Gasteiger partial charge in [0.1, 0.15) is 6.61 Å². The van der Waals surface area contributed by atoms with Gasteiger partial charge in [0.2, 0.25) is 0 Å². The molecule has 0 saturated carbocycles. The molecule has 0 aliphatic carbocycles. The first-order valence-corrected chi connectivity index (χ1v) is 3.04. The van der Waals surface area contributed by atoms with Crippen molar-refractivity contribution < 1.29 is 14.6 Å². The molecule has 0 aromatic heterocycles. The van der Waals surface area contributed by atoms with Crippen molar-refractivity contribution in [3.63, 3.8) is 0 Å². The minimum absolute atomic E-state index is 0.237. The van der Waals surface area contributed by atoms with Gasteiger partial charge in [-0.2, -0.15) is 0 Å². The predicted molar refractivity (Wildman–Crippen MR) is 37.6 cm³/mol. The van der Waals surface area contributed by atoms with Crippen molar-refractivity contribution in [2.45, 2.75) is 12.0 Å². The maximum Gasteiger partial charge on any atom is 0.330 e. The number of hydrogen-bond donors (Lipinski definition) is 1.